The number of carbonyl (C=O) groups is 6. The Morgan fingerprint density at radius 3 is 1.02 bits per heavy atom. The Morgan fingerprint density at radius 2 is 0.714 bits per heavy atom. The van der Waals surface area contributed by atoms with Crippen LogP contribution in [-0.2, 0) is 35.2 Å². The van der Waals surface area contributed by atoms with Crippen molar-refractivity contribution in [3.63, 3.8) is 0 Å². The molecule has 0 fully saturated rings. The molecule has 0 unspecified atom stereocenters. The zero-order valence-corrected chi connectivity index (χ0v) is 42.7. The van der Waals surface area contributed by atoms with E-state index in [4.69, 9.17) is 0 Å². The maximum Gasteiger partial charge on any atom is 0.245 e. The Bertz CT molecular complexity index is 1580. The van der Waals surface area contributed by atoms with Crippen LogP contribution in [0.1, 0.15) is 127 Å². The lowest BCUT2D eigenvalue weighted by molar-refractivity contribution is -0.156. The Kier molecular flexibility index (Phi) is 24.8. The van der Waals surface area contributed by atoms with E-state index in [2.05, 4.69) is 24.5 Å². The fourth-order valence-electron chi connectivity index (χ4n) is 8.23. The molecular formula is C50H89N7O6. The molecule has 6 atom stereocenters. The quantitative estimate of drug-likeness (QED) is 0.105. The summed E-state index contributed by atoms with van der Waals surface area (Å²) < 4.78 is 0. The number of amides is 6. The van der Waals surface area contributed by atoms with Crippen LogP contribution in [0.2, 0.25) is 0 Å². The molecule has 0 aromatic heterocycles. The molecule has 1 rings (SSSR count). The van der Waals surface area contributed by atoms with E-state index in [0.29, 0.717) is 51.5 Å². The summed E-state index contributed by atoms with van der Waals surface area (Å²) in [6.07, 6.45) is 3.13. The second-order valence-electron chi connectivity index (χ2n) is 20.5. The lowest BCUT2D eigenvalue weighted by Gasteiger charge is -2.41. The van der Waals surface area contributed by atoms with Gasteiger partial charge in [-0.2, -0.15) is 0 Å². The van der Waals surface area contributed by atoms with Gasteiger partial charge in [-0.1, -0.05) is 113 Å². The van der Waals surface area contributed by atoms with Gasteiger partial charge in [-0.15, -0.1) is 0 Å². The number of rotatable bonds is 27. The second kappa shape index (κ2) is 27.4. The highest BCUT2D eigenvalue weighted by atomic mass is 16.2. The highest BCUT2D eigenvalue weighted by Crippen LogP contribution is 2.25. The molecule has 13 heteroatoms. The fourth-order valence-corrected chi connectivity index (χ4v) is 8.23. The lowest BCUT2D eigenvalue weighted by Crippen LogP contribution is -2.61. The summed E-state index contributed by atoms with van der Waals surface area (Å²) in [5.74, 6) is -1.35. The first kappa shape index (κ1) is 57.0. The van der Waals surface area contributed by atoms with Crippen molar-refractivity contribution in [2.24, 2.45) is 35.5 Å². The molecule has 360 valence electrons. The molecular weight excluding hydrogens is 795 g/mol. The average Bonchev–Trinajstić information content (AvgIpc) is 3.21. The van der Waals surface area contributed by atoms with Gasteiger partial charge >= 0.3 is 0 Å². The summed E-state index contributed by atoms with van der Waals surface area (Å²) in [5.41, 5.74) is 1.10. The van der Waals surface area contributed by atoms with E-state index in [1.807, 2.05) is 99.6 Å². The van der Waals surface area contributed by atoms with Crippen LogP contribution in [0.15, 0.2) is 30.3 Å². The van der Waals surface area contributed by atoms with Gasteiger partial charge in [-0.3, -0.25) is 28.8 Å². The number of nitrogens with zero attached hydrogens (tertiary/aromatic N) is 5. The largest absolute Gasteiger partial charge is 0.354 e. The average molecular weight is 884 g/mol. The Labute approximate surface area is 382 Å². The molecule has 6 amide bonds. The Balaban J connectivity index is 3.60. The number of benzene rings is 1. The first-order chi connectivity index (χ1) is 29.3. The van der Waals surface area contributed by atoms with Crippen molar-refractivity contribution in [1.29, 1.82) is 0 Å². The SMILES string of the molecule is CN[C@@H](CC(C)C)C(=O)N(C)[C@@H](CC(C)C)C(=O)N(C)[C@@H](CC(C)C)C(=O)N(C)[C@@H](CC(C)C)C(=O)N(C)[C@@H](CC(C)C)C(=O)N(C)[C@@H](CC(C)C)C(=O)NCCc1ccccc1. The van der Waals surface area contributed by atoms with Crippen LogP contribution >= 0.6 is 0 Å². The van der Waals surface area contributed by atoms with Gasteiger partial charge in [0, 0.05) is 41.8 Å². The topological polar surface area (TPSA) is 143 Å². The van der Waals surface area contributed by atoms with Crippen molar-refractivity contribution in [3.8, 4) is 0 Å². The number of nitrogens with one attached hydrogen (secondary N) is 2. The smallest absolute Gasteiger partial charge is 0.245 e. The maximum absolute atomic E-state index is 14.9. The fraction of sp³-hybridized carbons (Fsp3) is 0.760. The molecule has 13 nitrogen and oxygen atoms in total. The first-order valence-corrected chi connectivity index (χ1v) is 23.6. The van der Waals surface area contributed by atoms with Gasteiger partial charge in [0.2, 0.25) is 35.4 Å². The molecule has 2 N–H and O–H groups in total. The molecule has 0 radical (unpaired) electrons. The predicted molar refractivity (Wildman–Crippen MR) is 256 cm³/mol. The molecule has 0 saturated heterocycles. The number of hydrogen-bond acceptors (Lipinski definition) is 7. The predicted octanol–water partition coefficient (Wildman–Crippen LogP) is 6.34. The van der Waals surface area contributed by atoms with Gasteiger partial charge in [0.1, 0.15) is 30.2 Å². The third kappa shape index (κ3) is 18.2. The van der Waals surface area contributed by atoms with E-state index in [9.17, 15) is 28.8 Å². The van der Waals surface area contributed by atoms with Crippen molar-refractivity contribution >= 4 is 35.4 Å². The van der Waals surface area contributed by atoms with Crippen molar-refractivity contribution in [1.82, 2.24) is 35.1 Å². The molecule has 1 aromatic rings. The summed E-state index contributed by atoms with van der Waals surface area (Å²) in [7, 11) is 9.91. The van der Waals surface area contributed by atoms with Gasteiger partial charge in [0.05, 0.1) is 6.04 Å². The van der Waals surface area contributed by atoms with Gasteiger partial charge in [0.15, 0.2) is 0 Å². The molecule has 1 aromatic carbocycles. The summed E-state index contributed by atoms with van der Waals surface area (Å²) in [5, 5.41) is 6.17. The van der Waals surface area contributed by atoms with Crippen LogP contribution in [0, 0.1) is 35.5 Å². The molecule has 0 bridgehead atoms. The van der Waals surface area contributed by atoms with Crippen molar-refractivity contribution in [2.75, 3.05) is 48.8 Å². The Hall–Kier alpha value is -4.00. The van der Waals surface area contributed by atoms with Gasteiger partial charge in [-0.25, -0.2) is 0 Å². The highest BCUT2D eigenvalue weighted by Gasteiger charge is 2.42. The number of likely N-dealkylation sites (N-methyl/N-ethyl adjacent to an activating group) is 6. The molecule has 63 heavy (non-hydrogen) atoms. The first-order valence-electron chi connectivity index (χ1n) is 23.6. The summed E-state index contributed by atoms with van der Waals surface area (Å²) in [4.78, 5) is 94.1. The lowest BCUT2D eigenvalue weighted by atomic mass is 9.94. The standard InChI is InChI=1S/C50H89N7O6/c1-32(2)26-39(51-13)46(59)54(15)41(28-34(5)6)48(61)56(17)43(30-36(9)10)50(63)57(18)44(31-37(11)12)49(62)55(16)42(29-35(7)8)47(60)53(14)40(27-33(3)4)45(58)52-25-24-38-22-20-19-21-23-38/h19-23,32-37,39-44,51H,24-31H2,1-18H3,(H,52,58)/t39-,40-,41-,42-,43-,44-/m0/s1. The molecule has 0 heterocycles. The third-order valence-corrected chi connectivity index (χ3v) is 11.9. The van der Waals surface area contributed by atoms with Crippen LogP contribution in [0.3, 0.4) is 0 Å². The van der Waals surface area contributed by atoms with Gasteiger partial charge in [-0.05, 0) is 93.1 Å². The molecule has 0 spiro atoms. The zero-order valence-electron chi connectivity index (χ0n) is 42.7. The molecule has 0 saturated carbocycles. The van der Waals surface area contributed by atoms with Crippen molar-refractivity contribution in [2.45, 2.75) is 164 Å². The minimum absolute atomic E-state index is 0.00322. The minimum Gasteiger partial charge on any atom is -0.354 e. The maximum atomic E-state index is 14.9. The van der Waals surface area contributed by atoms with Gasteiger partial charge in [0.25, 0.3) is 0 Å². The molecule has 0 aliphatic heterocycles. The third-order valence-electron chi connectivity index (χ3n) is 11.9. The van der Waals surface area contributed by atoms with Crippen LogP contribution in [0.4, 0.5) is 0 Å². The monoisotopic (exact) mass is 884 g/mol. The molecule has 0 aliphatic carbocycles. The van der Waals surface area contributed by atoms with Crippen LogP contribution in [0.25, 0.3) is 0 Å². The molecule has 0 aliphatic rings. The Morgan fingerprint density at radius 1 is 0.429 bits per heavy atom. The van der Waals surface area contributed by atoms with E-state index in [0.717, 1.165) is 5.56 Å². The second-order valence-corrected chi connectivity index (χ2v) is 20.5. The van der Waals surface area contributed by atoms with Crippen LogP contribution < -0.4 is 10.6 Å². The summed E-state index contributed by atoms with van der Waals surface area (Å²) in [6.45, 7) is 24.5. The summed E-state index contributed by atoms with van der Waals surface area (Å²) >= 11 is 0. The number of hydrogen-bond donors (Lipinski definition) is 2. The van der Waals surface area contributed by atoms with E-state index >= 15 is 0 Å². The van der Waals surface area contributed by atoms with E-state index in [1.165, 1.54) is 24.5 Å². The van der Waals surface area contributed by atoms with Crippen LogP contribution in [-0.4, -0.2) is 145 Å². The minimum atomic E-state index is -0.940. The normalized spacial score (nSPS) is 14.7. The van der Waals surface area contributed by atoms with Crippen molar-refractivity contribution in [3.05, 3.63) is 35.9 Å². The van der Waals surface area contributed by atoms with E-state index < -0.39 is 36.3 Å². The summed E-state index contributed by atoms with van der Waals surface area (Å²) in [6, 6.07) is 5.13. The van der Waals surface area contributed by atoms with Crippen LogP contribution in [0.5, 0.6) is 0 Å². The van der Waals surface area contributed by atoms with Gasteiger partial charge < -0.3 is 35.1 Å². The van der Waals surface area contributed by atoms with E-state index in [1.54, 1.807) is 42.3 Å². The van der Waals surface area contributed by atoms with Crippen molar-refractivity contribution < 1.29 is 28.8 Å². The highest BCUT2D eigenvalue weighted by molar-refractivity contribution is 5.96. The zero-order chi connectivity index (χ0) is 48.5. The van der Waals surface area contributed by atoms with E-state index in [-0.39, 0.29) is 71.0 Å². The number of carbonyl (C=O) groups excluding carboxylic acids is 6.